The summed E-state index contributed by atoms with van der Waals surface area (Å²) in [4.78, 5) is 26.6. The Morgan fingerprint density at radius 1 is 1.41 bits per heavy atom. The second-order valence-corrected chi connectivity index (χ2v) is 4.91. The summed E-state index contributed by atoms with van der Waals surface area (Å²) in [5, 5.41) is 17.1. The number of carbonyl (C=O) groups excluding carboxylic acids is 2. The van der Waals surface area contributed by atoms with Crippen molar-refractivity contribution in [3.8, 4) is 6.07 Å². The van der Waals surface area contributed by atoms with E-state index in [4.69, 9.17) is 15.4 Å². The van der Waals surface area contributed by atoms with Crippen LogP contribution in [0.25, 0.3) is 10.9 Å². The van der Waals surface area contributed by atoms with E-state index in [9.17, 15) is 9.59 Å². The summed E-state index contributed by atoms with van der Waals surface area (Å²) in [5.41, 5.74) is 1.65. The lowest BCUT2D eigenvalue weighted by Crippen LogP contribution is -2.25. The fourth-order valence-electron chi connectivity index (χ4n) is 2.13. The van der Waals surface area contributed by atoms with Crippen molar-refractivity contribution in [2.24, 2.45) is 5.92 Å². The van der Waals surface area contributed by atoms with E-state index >= 15 is 0 Å². The Labute approximate surface area is 127 Å². The Hall–Kier alpha value is -2.94. The van der Waals surface area contributed by atoms with Gasteiger partial charge in [-0.1, -0.05) is 18.2 Å². The van der Waals surface area contributed by atoms with E-state index in [2.05, 4.69) is 4.98 Å². The first-order chi connectivity index (χ1) is 10.5. The molecule has 0 saturated heterocycles. The highest BCUT2D eigenvalue weighted by atomic mass is 16.5. The van der Waals surface area contributed by atoms with Gasteiger partial charge in [-0.25, -0.2) is 0 Å². The molecule has 1 atom stereocenters. The van der Waals surface area contributed by atoms with Gasteiger partial charge in [0.1, 0.15) is 5.92 Å². The number of hydrogen-bond acceptors (Lipinski definition) is 5. The van der Waals surface area contributed by atoms with Crippen molar-refractivity contribution in [3.05, 3.63) is 36.0 Å². The number of para-hydroxylation sites is 1. The van der Waals surface area contributed by atoms with Crippen LogP contribution >= 0.6 is 0 Å². The molecule has 0 aliphatic rings. The second kappa shape index (κ2) is 6.68. The number of nitriles is 1. The smallest absolute Gasteiger partial charge is 0.310 e. The normalized spacial score (nSPS) is 11.6. The second-order valence-electron chi connectivity index (χ2n) is 4.91. The number of nitrogens with one attached hydrogen (secondary N) is 2. The van der Waals surface area contributed by atoms with Crippen LogP contribution in [0.15, 0.2) is 30.5 Å². The van der Waals surface area contributed by atoms with Gasteiger partial charge in [-0.3, -0.25) is 9.59 Å². The molecule has 0 amide bonds. The zero-order chi connectivity index (χ0) is 16.1. The van der Waals surface area contributed by atoms with Crippen LogP contribution in [0, 0.1) is 22.7 Å². The van der Waals surface area contributed by atoms with E-state index in [-0.39, 0.29) is 12.1 Å². The fraction of sp³-hybridized carbons (Fsp3) is 0.250. The van der Waals surface area contributed by atoms with Crippen LogP contribution in [0.3, 0.4) is 0 Å². The van der Waals surface area contributed by atoms with E-state index < -0.39 is 24.3 Å². The Bertz CT molecular complexity index is 770. The Balaban J connectivity index is 1.95. The van der Waals surface area contributed by atoms with Crippen LogP contribution in [0.1, 0.15) is 12.5 Å². The summed E-state index contributed by atoms with van der Waals surface area (Å²) in [5.74, 6) is -2.28. The highest BCUT2D eigenvalue weighted by Crippen LogP contribution is 2.18. The number of benzene rings is 1. The van der Waals surface area contributed by atoms with Gasteiger partial charge in [-0.05, 0) is 18.6 Å². The van der Waals surface area contributed by atoms with Crippen LogP contribution in [0.5, 0.6) is 0 Å². The third kappa shape index (κ3) is 3.38. The summed E-state index contributed by atoms with van der Waals surface area (Å²) in [6.07, 6.45) is 1.77. The number of carbonyl (C=O) groups is 2. The molecule has 2 N–H and O–H groups in total. The van der Waals surface area contributed by atoms with Crippen molar-refractivity contribution in [3.63, 3.8) is 0 Å². The number of ether oxygens (including phenoxy) is 1. The van der Waals surface area contributed by atoms with E-state index in [0.717, 1.165) is 16.5 Å². The molecule has 112 valence electrons. The number of Topliss-reactive ketones (excluding diaryl/α,β-unsaturated/α-hetero) is 1. The van der Waals surface area contributed by atoms with Gasteiger partial charge in [0.25, 0.3) is 0 Å². The number of hydrogen-bond donors (Lipinski definition) is 2. The van der Waals surface area contributed by atoms with Crippen molar-refractivity contribution >= 4 is 28.4 Å². The largest absolute Gasteiger partial charge is 0.457 e. The molecule has 22 heavy (non-hydrogen) atoms. The zero-order valence-corrected chi connectivity index (χ0v) is 12.1. The SMILES string of the molecule is CC(=N)C(C#N)C(=O)COC(=O)Cc1c[nH]c2ccccc12. The Kier molecular flexibility index (Phi) is 4.69. The van der Waals surface area contributed by atoms with E-state index in [1.807, 2.05) is 24.3 Å². The van der Waals surface area contributed by atoms with Gasteiger partial charge in [-0.2, -0.15) is 5.26 Å². The van der Waals surface area contributed by atoms with Crippen molar-refractivity contribution in [1.82, 2.24) is 4.98 Å². The standard InChI is InChI=1S/C16H15N3O3/c1-10(18)13(7-17)15(20)9-22-16(21)6-11-8-19-14-5-3-2-4-12(11)14/h2-5,8,13,18-19H,6,9H2,1H3. The Morgan fingerprint density at radius 2 is 2.14 bits per heavy atom. The van der Waals surface area contributed by atoms with Crippen LogP contribution in [-0.4, -0.2) is 29.1 Å². The summed E-state index contributed by atoms with van der Waals surface area (Å²) in [6.45, 7) is 0.884. The monoisotopic (exact) mass is 297 g/mol. The molecule has 0 spiro atoms. The van der Waals surface area contributed by atoms with Crippen molar-refractivity contribution < 1.29 is 14.3 Å². The maximum atomic E-state index is 11.8. The molecule has 0 bridgehead atoms. The van der Waals surface area contributed by atoms with Gasteiger partial charge in [0.05, 0.1) is 12.5 Å². The topological polar surface area (TPSA) is 107 Å². The number of aromatic nitrogens is 1. The van der Waals surface area contributed by atoms with Crippen molar-refractivity contribution in [2.75, 3.05) is 6.61 Å². The van der Waals surface area contributed by atoms with Gasteiger partial charge >= 0.3 is 5.97 Å². The van der Waals surface area contributed by atoms with Crippen LogP contribution in [0.4, 0.5) is 0 Å². The summed E-state index contributed by atoms with van der Waals surface area (Å²) >= 11 is 0. The molecule has 2 rings (SSSR count). The molecule has 0 radical (unpaired) electrons. The molecule has 1 aromatic carbocycles. The summed E-state index contributed by atoms with van der Waals surface area (Å²) in [7, 11) is 0. The van der Waals surface area contributed by atoms with Gasteiger partial charge < -0.3 is 15.1 Å². The molecule has 1 aromatic heterocycles. The number of aromatic amines is 1. The number of rotatable bonds is 6. The molecule has 6 nitrogen and oxygen atoms in total. The zero-order valence-electron chi connectivity index (χ0n) is 12.1. The predicted octanol–water partition coefficient (Wildman–Crippen LogP) is 2.00. The van der Waals surface area contributed by atoms with Crippen LogP contribution in [-0.2, 0) is 20.7 Å². The number of nitrogens with zero attached hydrogens (tertiary/aromatic N) is 1. The van der Waals surface area contributed by atoms with Crippen LogP contribution < -0.4 is 0 Å². The molecule has 6 heteroatoms. The molecule has 0 aliphatic heterocycles. The maximum Gasteiger partial charge on any atom is 0.310 e. The van der Waals surface area contributed by atoms with E-state index in [1.54, 1.807) is 12.3 Å². The van der Waals surface area contributed by atoms with E-state index in [0.29, 0.717) is 0 Å². The molecular weight excluding hydrogens is 282 g/mol. The van der Waals surface area contributed by atoms with Crippen molar-refractivity contribution in [2.45, 2.75) is 13.3 Å². The average molecular weight is 297 g/mol. The first-order valence-corrected chi connectivity index (χ1v) is 6.71. The summed E-state index contributed by atoms with van der Waals surface area (Å²) in [6, 6.07) is 9.28. The maximum absolute atomic E-state index is 11.8. The lowest BCUT2D eigenvalue weighted by Gasteiger charge is -2.07. The minimum Gasteiger partial charge on any atom is -0.457 e. The van der Waals surface area contributed by atoms with Gasteiger partial charge in [0.2, 0.25) is 0 Å². The quantitative estimate of drug-likeness (QED) is 0.628. The first-order valence-electron chi connectivity index (χ1n) is 6.71. The van der Waals surface area contributed by atoms with Gasteiger partial charge in [-0.15, -0.1) is 0 Å². The molecule has 0 fully saturated rings. The number of fused-ring (bicyclic) bond motifs is 1. The number of esters is 1. The Morgan fingerprint density at radius 3 is 2.82 bits per heavy atom. The van der Waals surface area contributed by atoms with Gasteiger partial charge in [0, 0.05) is 22.8 Å². The first kappa shape index (κ1) is 15.4. The number of H-pyrrole nitrogens is 1. The molecule has 1 heterocycles. The number of ketones is 1. The molecule has 0 saturated carbocycles. The lowest BCUT2D eigenvalue weighted by molar-refractivity contribution is -0.147. The predicted molar refractivity (Wildman–Crippen MR) is 80.5 cm³/mol. The lowest BCUT2D eigenvalue weighted by atomic mass is 10.0. The van der Waals surface area contributed by atoms with Crippen LogP contribution in [0.2, 0.25) is 0 Å². The molecule has 1 unspecified atom stereocenters. The minimum atomic E-state index is -1.15. The van der Waals surface area contributed by atoms with Crippen molar-refractivity contribution in [1.29, 1.82) is 10.7 Å². The third-order valence-corrected chi connectivity index (χ3v) is 3.27. The molecular formula is C16H15N3O3. The van der Waals surface area contributed by atoms with Gasteiger partial charge in [0.15, 0.2) is 12.4 Å². The summed E-state index contributed by atoms with van der Waals surface area (Å²) < 4.78 is 4.91. The highest BCUT2D eigenvalue weighted by Gasteiger charge is 2.21. The third-order valence-electron chi connectivity index (χ3n) is 3.27. The van der Waals surface area contributed by atoms with E-state index in [1.165, 1.54) is 6.92 Å². The highest BCUT2D eigenvalue weighted by molar-refractivity contribution is 6.06. The average Bonchev–Trinajstić information content (AvgIpc) is 2.89. The molecule has 0 aliphatic carbocycles. The fourth-order valence-corrected chi connectivity index (χ4v) is 2.13. The minimum absolute atomic E-state index is 0.0398. The molecule has 2 aromatic rings.